The lowest BCUT2D eigenvalue weighted by atomic mass is 10.0. The van der Waals surface area contributed by atoms with Crippen LogP contribution in [0.4, 0.5) is 5.69 Å². The maximum atomic E-state index is 12.6. The molecule has 0 aliphatic carbocycles. The molecule has 1 amide bonds. The summed E-state index contributed by atoms with van der Waals surface area (Å²) in [7, 11) is 0. The summed E-state index contributed by atoms with van der Waals surface area (Å²) in [5.41, 5.74) is 4.44. The van der Waals surface area contributed by atoms with Crippen molar-refractivity contribution in [2.45, 2.75) is 13.8 Å². The second-order valence-corrected chi connectivity index (χ2v) is 5.22. The molecule has 22 heavy (non-hydrogen) atoms. The Morgan fingerprint density at radius 2 is 1.77 bits per heavy atom. The van der Waals surface area contributed by atoms with Crippen molar-refractivity contribution in [3.63, 3.8) is 0 Å². The molecular weight excluding hydrogens is 274 g/mol. The van der Waals surface area contributed by atoms with Crippen LogP contribution in [0.2, 0.25) is 0 Å². The largest absolute Gasteiger partial charge is 0.464 e. The number of aryl methyl sites for hydroxylation is 1. The second-order valence-electron chi connectivity index (χ2n) is 5.22. The van der Waals surface area contributed by atoms with Gasteiger partial charge in [0.1, 0.15) is 5.76 Å². The molecule has 0 radical (unpaired) electrons. The first kappa shape index (κ1) is 14.1. The highest BCUT2D eigenvalue weighted by Gasteiger charge is 2.15. The molecule has 0 saturated heterocycles. The highest BCUT2D eigenvalue weighted by molar-refractivity contribution is 6.08. The third-order valence-electron chi connectivity index (χ3n) is 3.81. The van der Waals surface area contributed by atoms with Crippen LogP contribution in [-0.2, 0) is 0 Å². The van der Waals surface area contributed by atoms with E-state index in [4.69, 9.17) is 4.42 Å². The molecule has 0 fully saturated rings. The number of hydrogen-bond donors (Lipinski definition) is 1. The zero-order valence-corrected chi connectivity index (χ0v) is 12.6. The number of carbonyl (C=O) groups excluding carboxylic acids is 1. The Bertz CT molecular complexity index is 804. The van der Waals surface area contributed by atoms with E-state index >= 15 is 0 Å². The molecular formula is C19H17NO2. The second kappa shape index (κ2) is 5.90. The number of amides is 1. The van der Waals surface area contributed by atoms with Crippen LogP contribution in [0.15, 0.2) is 65.3 Å². The zero-order valence-electron chi connectivity index (χ0n) is 12.6. The quantitative estimate of drug-likeness (QED) is 0.752. The topological polar surface area (TPSA) is 42.2 Å². The summed E-state index contributed by atoms with van der Waals surface area (Å²) in [6, 6.07) is 17.0. The van der Waals surface area contributed by atoms with Gasteiger partial charge in [0.2, 0.25) is 0 Å². The van der Waals surface area contributed by atoms with E-state index in [0.717, 1.165) is 22.4 Å². The number of furan rings is 1. The minimum absolute atomic E-state index is 0.138. The number of carbonyl (C=O) groups is 1. The molecule has 3 rings (SSSR count). The minimum Gasteiger partial charge on any atom is -0.464 e. The maximum absolute atomic E-state index is 12.6. The van der Waals surface area contributed by atoms with E-state index in [1.54, 1.807) is 12.3 Å². The summed E-state index contributed by atoms with van der Waals surface area (Å²) in [5.74, 6) is 0.549. The third-order valence-corrected chi connectivity index (χ3v) is 3.81. The summed E-state index contributed by atoms with van der Waals surface area (Å²) in [6.45, 7) is 4.03. The van der Waals surface area contributed by atoms with Crippen LogP contribution >= 0.6 is 0 Å². The molecule has 0 aliphatic heterocycles. The van der Waals surface area contributed by atoms with E-state index in [9.17, 15) is 4.79 Å². The smallest absolute Gasteiger partial charge is 0.256 e. The number of hydrogen-bond acceptors (Lipinski definition) is 2. The van der Waals surface area contributed by atoms with Gasteiger partial charge < -0.3 is 9.73 Å². The van der Waals surface area contributed by atoms with Gasteiger partial charge in [-0.05, 0) is 49.2 Å². The summed E-state index contributed by atoms with van der Waals surface area (Å²) in [6.07, 6.45) is 1.61. The molecule has 0 aliphatic rings. The van der Waals surface area contributed by atoms with E-state index < -0.39 is 0 Å². The Balaban J connectivity index is 1.95. The normalized spacial score (nSPS) is 10.5. The number of nitrogens with one attached hydrogen (secondary N) is 1. The van der Waals surface area contributed by atoms with Crippen molar-refractivity contribution in [1.82, 2.24) is 0 Å². The van der Waals surface area contributed by atoms with Crippen LogP contribution in [0.5, 0.6) is 0 Å². The fourth-order valence-corrected chi connectivity index (χ4v) is 2.40. The van der Waals surface area contributed by atoms with Gasteiger partial charge in [-0.15, -0.1) is 0 Å². The van der Waals surface area contributed by atoms with Crippen LogP contribution in [-0.4, -0.2) is 5.91 Å². The van der Waals surface area contributed by atoms with Crippen LogP contribution in [0.3, 0.4) is 0 Å². The first-order chi connectivity index (χ1) is 10.7. The van der Waals surface area contributed by atoms with Crippen LogP contribution in [0, 0.1) is 13.8 Å². The Morgan fingerprint density at radius 3 is 2.55 bits per heavy atom. The van der Waals surface area contributed by atoms with Gasteiger partial charge in [0.05, 0.1) is 11.8 Å². The third kappa shape index (κ3) is 2.66. The first-order valence-corrected chi connectivity index (χ1v) is 7.17. The molecule has 110 valence electrons. The maximum Gasteiger partial charge on any atom is 0.256 e. The van der Waals surface area contributed by atoms with E-state index in [0.29, 0.717) is 11.3 Å². The monoisotopic (exact) mass is 291 g/mol. The van der Waals surface area contributed by atoms with Gasteiger partial charge in [0.25, 0.3) is 5.91 Å². The average molecular weight is 291 g/mol. The fourth-order valence-electron chi connectivity index (χ4n) is 2.40. The van der Waals surface area contributed by atoms with Crippen molar-refractivity contribution in [2.75, 3.05) is 5.32 Å². The van der Waals surface area contributed by atoms with Crippen LogP contribution in [0.25, 0.3) is 11.3 Å². The van der Waals surface area contributed by atoms with Crippen LogP contribution in [0.1, 0.15) is 21.5 Å². The molecule has 2 aromatic carbocycles. The SMILES string of the molecule is Cc1cccc(NC(=O)c2ccccc2-c2ccco2)c1C. The Morgan fingerprint density at radius 1 is 0.955 bits per heavy atom. The molecule has 1 N–H and O–H groups in total. The highest BCUT2D eigenvalue weighted by Crippen LogP contribution is 2.26. The average Bonchev–Trinajstić information content (AvgIpc) is 3.06. The molecule has 0 bridgehead atoms. The van der Waals surface area contributed by atoms with E-state index in [2.05, 4.69) is 5.32 Å². The molecule has 0 saturated carbocycles. The molecule has 1 aromatic heterocycles. The molecule has 0 unspecified atom stereocenters. The van der Waals surface area contributed by atoms with Gasteiger partial charge in [0, 0.05) is 11.3 Å². The van der Waals surface area contributed by atoms with Gasteiger partial charge in [0.15, 0.2) is 0 Å². The summed E-state index contributed by atoms with van der Waals surface area (Å²) < 4.78 is 5.42. The predicted molar refractivity (Wildman–Crippen MR) is 88.0 cm³/mol. The molecule has 3 nitrogen and oxygen atoms in total. The van der Waals surface area contributed by atoms with Crippen molar-refractivity contribution in [2.24, 2.45) is 0 Å². The van der Waals surface area contributed by atoms with E-state index in [1.165, 1.54) is 0 Å². The lowest BCUT2D eigenvalue weighted by molar-refractivity contribution is 0.102. The molecule has 1 heterocycles. The summed E-state index contributed by atoms with van der Waals surface area (Å²) in [4.78, 5) is 12.6. The Kier molecular flexibility index (Phi) is 3.79. The number of anilines is 1. The molecule has 0 spiro atoms. The van der Waals surface area contributed by atoms with Crippen molar-refractivity contribution in [3.8, 4) is 11.3 Å². The van der Waals surface area contributed by atoms with Gasteiger partial charge in [-0.3, -0.25) is 4.79 Å². The molecule has 3 heteroatoms. The minimum atomic E-state index is -0.138. The van der Waals surface area contributed by atoms with Crippen molar-refractivity contribution in [1.29, 1.82) is 0 Å². The fraction of sp³-hybridized carbons (Fsp3) is 0.105. The summed E-state index contributed by atoms with van der Waals surface area (Å²) in [5, 5.41) is 2.99. The Labute approximate surface area is 129 Å². The standard InChI is InChI=1S/C19H17NO2/c1-13-7-5-10-17(14(13)2)20-19(21)16-9-4-3-8-15(16)18-11-6-12-22-18/h3-12H,1-2H3,(H,20,21). The van der Waals surface area contributed by atoms with Gasteiger partial charge >= 0.3 is 0 Å². The number of benzene rings is 2. The first-order valence-electron chi connectivity index (χ1n) is 7.17. The van der Waals surface area contributed by atoms with Crippen molar-refractivity contribution < 1.29 is 9.21 Å². The predicted octanol–water partition coefficient (Wildman–Crippen LogP) is 4.82. The van der Waals surface area contributed by atoms with Crippen LogP contribution < -0.4 is 5.32 Å². The van der Waals surface area contributed by atoms with Gasteiger partial charge in [-0.2, -0.15) is 0 Å². The summed E-state index contributed by atoms with van der Waals surface area (Å²) >= 11 is 0. The van der Waals surface area contributed by atoms with Gasteiger partial charge in [-0.25, -0.2) is 0 Å². The van der Waals surface area contributed by atoms with Crippen molar-refractivity contribution >= 4 is 11.6 Å². The lowest BCUT2D eigenvalue weighted by Crippen LogP contribution is -2.14. The zero-order chi connectivity index (χ0) is 15.5. The number of rotatable bonds is 3. The molecule has 3 aromatic rings. The highest BCUT2D eigenvalue weighted by atomic mass is 16.3. The van der Waals surface area contributed by atoms with Gasteiger partial charge in [-0.1, -0.05) is 30.3 Å². The van der Waals surface area contributed by atoms with Crippen molar-refractivity contribution in [3.05, 3.63) is 77.6 Å². The molecule has 0 atom stereocenters. The van der Waals surface area contributed by atoms with E-state index in [1.807, 2.05) is 62.4 Å². The van der Waals surface area contributed by atoms with E-state index in [-0.39, 0.29) is 5.91 Å². The lowest BCUT2D eigenvalue weighted by Gasteiger charge is -2.12. The Hall–Kier alpha value is -2.81.